The normalized spacial score (nSPS) is 18.9. The summed E-state index contributed by atoms with van der Waals surface area (Å²) in [5, 5.41) is 12.8. The second-order valence-corrected chi connectivity index (χ2v) is 5.25. The van der Waals surface area contributed by atoms with E-state index in [-0.39, 0.29) is 4.88 Å². The molecule has 2 heterocycles. The highest BCUT2D eigenvalue weighted by Crippen LogP contribution is 2.24. The maximum atomic E-state index is 10.7. The molecule has 0 bridgehead atoms. The molecular formula is C11H16N2O3S. The van der Waals surface area contributed by atoms with E-state index in [1.807, 2.05) is 0 Å². The first-order valence-electron chi connectivity index (χ1n) is 5.70. The van der Waals surface area contributed by atoms with Crippen LogP contribution in [0.3, 0.4) is 0 Å². The van der Waals surface area contributed by atoms with Crippen LogP contribution in [0, 0.1) is 5.92 Å². The van der Waals surface area contributed by atoms with Gasteiger partial charge in [-0.25, -0.2) is 9.78 Å². The lowest BCUT2D eigenvalue weighted by Gasteiger charge is -2.28. The van der Waals surface area contributed by atoms with E-state index in [1.54, 1.807) is 0 Å². The first-order valence-corrected chi connectivity index (χ1v) is 6.52. The largest absolute Gasteiger partial charge is 0.477 e. The third kappa shape index (κ3) is 3.17. The van der Waals surface area contributed by atoms with Crippen LogP contribution < -0.4 is 5.32 Å². The van der Waals surface area contributed by atoms with Crippen LogP contribution >= 0.6 is 11.3 Å². The first-order chi connectivity index (χ1) is 8.16. The van der Waals surface area contributed by atoms with Crippen molar-refractivity contribution in [2.75, 3.05) is 18.5 Å². The topological polar surface area (TPSA) is 71.5 Å². The molecule has 94 valence electrons. The summed E-state index contributed by atoms with van der Waals surface area (Å²) in [4.78, 5) is 15.1. The van der Waals surface area contributed by atoms with E-state index in [0.29, 0.717) is 17.1 Å². The Balaban J connectivity index is 1.92. The lowest BCUT2D eigenvalue weighted by atomic mass is 9.93. The molecule has 1 saturated heterocycles. The van der Waals surface area contributed by atoms with Crippen molar-refractivity contribution in [3.63, 3.8) is 0 Å². The predicted octanol–water partition coefficient (Wildman–Crippen LogP) is 2.07. The number of nitrogens with zero attached hydrogens (tertiary/aromatic N) is 1. The number of hydrogen-bond acceptors (Lipinski definition) is 5. The van der Waals surface area contributed by atoms with Crippen molar-refractivity contribution in [3.05, 3.63) is 11.1 Å². The summed E-state index contributed by atoms with van der Waals surface area (Å²) in [6.45, 7) is 3.74. The Morgan fingerprint density at radius 3 is 2.94 bits per heavy atom. The molecule has 1 fully saturated rings. The van der Waals surface area contributed by atoms with Crippen LogP contribution in [0.1, 0.15) is 29.4 Å². The second-order valence-electron chi connectivity index (χ2n) is 4.22. The van der Waals surface area contributed by atoms with Crippen LogP contribution in [0.2, 0.25) is 0 Å². The molecule has 0 aliphatic carbocycles. The van der Waals surface area contributed by atoms with Crippen molar-refractivity contribution >= 4 is 22.4 Å². The summed E-state index contributed by atoms with van der Waals surface area (Å²) >= 11 is 1.18. The standard InChI is InChI=1S/C11H16N2O3S/c1-7(8-2-4-16-5-3-8)13-11-12-6-9(17-11)10(14)15/h6-8H,2-5H2,1H3,(H,12,13)(H,14,15). The van der Waals surface area contributed by atoms with Gasteiger partial charge < -0.3 is 15.2 Å². The maximum Gasteiger partial charge on any atom is 0.347 e. The first kappa shape index (κ1) is 12.3. The molecule has 0 saturated carbocycles. The van der Waals surface area contributed by atoms with Crippen molar-refractivity contribution < 1.29 is 14.6 Å². The average molecular weight is 256 g/mol. The van der Waals surface area contributed by atoms with Gasteiger partial charge in [0, 0.05) is 19.3 Å². The number of thiazole rings is 1. The van der Waals surface area contributed by atoms with Crippen molar-refractivity contribution in [1.29, 1.82) is 0 Å². The number of ether oxygens (including phenoxy) is 1. The molecular weight excluding hydrogens is 240 g/mol. The van der Waals surface area contributed by atoms with Gasteiger partial charge in [-0.3, -0.25) is 0 Å². The van der Waals surface area contributed by atoms with Crippen molar-refractivity contribution in [2.24, 2.45) is 5.92 Å². The Morgan fingerprint density at radius 2 is 2.35 bits per heavy atom. The van der Waals surface area contributed by atoms with E-state index in [9.17, 15) is 4.79 Å². The molecule has 1 unspecified atom stereocenters. The highest BCUT2D eigenvalue weighted by atomic mass is 32.1. The molecule has 2 N–H and O–H groups in total. The number of nitrogens with one attached hydrogen (secondary N) is 1. The zero-order valence-electron chi connectivity index (χ0n) is 9.68. The number of anilines is 1. The highest BCUT2D eigenvalue weighted by molar-refractivity contribution is 7.17. The summed E-state index contributed by atoms with van der Waals surface area (Å²) in [6, 6.07) is 0.298. The summed E-state index contributed by atoms with van der Waals surface area (Å²) in [6.07, 6.45) is 3.49. The summed E-state index contributed by atoms with van der Waals surface area (Å²) in [5.41, 5.74) is 0. The molecule has 1 atom stereocenters. The van der Waals surface area contributed by atoms with Crippen molar-refractivity contribution in [3.8, 4) is 0 Å². The molecule has 1 aliphatic heterocycles. The van der Waals surface area contributed by atoms with E-state index in [0.717, 1.165) is 26.1 Å². The SMILES string of the molecule is CC(Nc1ncc(C(=O)O)s1)C1CCOCC1. The third-order valence-corrected chi connectivity index (χ3v) is 3.96. The molecule has 1 aromatic heterocycles. The Labute approximate surface area is 104 Å². The van der Waals surface area contributed by atoms with Crippen LogP contribution in [-0.2, 0) is 4.74 Å². The van der Waals surface area contributed by atoms with Crippen molar-refractivity contribution in [1.82, 2.24) is 4.98 Å². The molecule has 2 rings (SSSR count). The van der Waals surface area contributed by atoms with Gasteiger partial charge in [-0.2, -0.15) is 0 Å². The summed E-state index contributed by atoms with van der Waals surface area (Å²) in [5.74, 6) is -0.352. The van der Waals surface area contributed by atoms with Crippen LogP contribution in [0.4, 0.5) is 5.13 Å². The highest BCUT2D eigenvalue weighted by Gasteiger charge is 2.21. The lowest BCUT2D eigenvalue weighted by Crippen LogP contribution is -2.30. The zero-order valence-corrected chi connectivity index (χ0v) is 10.5. The number of carboxylic acid groups (broad SMARTS) is 1. The van der Waals surface area contributed by atoms with Crippen LogP contribution in [0.25, 0.3) is 0 Å². The van der Waals surface area contributed by atoms with Gasteiger partial charge >= 0.3 is 5.97 Å². The molecule has 0 spiro atoms. The maximum absolute atomic E-state index is 10.7. The summed E-state index contributed by atoms with van der Waals surface area (Å²) < 4.78 is 5.32. The lowest BCUT2D eigenvalue weighted by molar-refractivity contribution is 0.0622. The minimum Gasteiger partial charge on any atom is -0.477 e. The molecule has 0 aromatic carbocycles. The number of aromatic nitrogens is 1. The fourth-order valence-corrected chi connectivity index (χ4v) is 2.72. The van der Waals surface area contributed by atoms with Gasteiger partial charge in [0.15, 0.2) is 5.13 Å². The number of carbonyl (C=O) groups is 1. The van der Waals surface area contributed by atoms with Gasteiger partial charge in [0.25, 0.3) is 0 Å². The number of carboxylic acids is 1. The zero-order chi connectivity index (χ0) is 12.3. The van der Waals surface area contributed by atoms with E-state index in [1.165, 1.54) is 17.5 Å². The van der Waals surface area contributed by atoms with Crippen molar-refractivity contribution in [2.45, 2.75) is 25.8 Å². The molecule has 1 aromatic rings. The molecule has 0 amide bonds. The van der Waals surface area contributed by atoms with Crippen LogP contribution in [0.5, 0.6) is 0 Å². The van der Waals surface area contributed by atoms with Crippen LogP contribution in [-0.4, -0.2) is 35.3 Å². The molecule has 17 heavy (non-hydrogen) atoms. The van der Waals surface area contributed by atoms with Gasteiger partial charge in [-0.1, -0.05) is 11.3 Å². The monoisotopic (exact) mass is 256 g/mol. The third-order valence-electron chi connectivity index (χ3n) is 3.04. The molecule has 1 aliphatic rings. The van der Waals surface area contributed by atoms with Gasteiger partial charge in [-0.05, 0) is 25.7 Å². The minimum atomic E-state index is -0.922. The predicted molar refractivity (Wildman–Crippen MR) is 65.7 cm³/mol. The van der Waals surface area contributed by atoms with Gasteiger partial charge in [0.05, 0.1) is 6.20 Å². The van der Waals surface area contributed by atoms with Gasteiger partial charge in [0.1, 0.15) is 4.88 Å². The van der Waals surface area contributed by atoms with E-state index in [4.69, 9.17) is 9.84 Å². The van der Waals surface area contributed by atoms with Crippen LogP contribution in [0.15, 0.2) is 6.20 Å². The van der Waals surface area contributed by atoms with Gasteiger partial charge in [-0.15, -0.1) is 0 Å². The molecule has 0 radical (unpaired) electrons. The van der Waals surface area contributed by atoms with E-state index in [2.05, 4.69) is 17.2 Å². The molecule has 5 nitrogen and oxygen atoms in total. The minimum absolute atomic E-state index is 0.270. The number of hydrogen-bond donors (Lipinski definition) is 2. The Morgan fingerprint density at radius 1 is 1.65 bits per heavy atom. The van der Waals surface area contributed by atoms with Gasteiger partial charge in [0.2, 0.25) is 0 Å². The number of rotatable bonds is 4. The fraction of sp³-hybridized carbons (Fsp3) is 0.636. The van der Waals surface area contributed by atoms with E-state index < -0.39 is 5.97 Å². The summed E-state index contributed by atoms with van der Waals surface area (Å²) in [7, 11) is 0. The molecule has 6 heteroatoms. The second kappa shape index (κ2) is 5.46. The average Bonchev–Trinajstić information content (AvgIpc) is 2.79. The number of aromatic carboxylic acids is 1. The Kier molecular flexibility index (Phi) is 3.96. The quantitative estimate of drug-likeness (QED) is 0.863. The smallest absolute Gasteiger partial charge is 0.347 e. The Bertz CT molecular complexity index is 388. The Hall–Kier alpha value is -1.14. The fourth-order valence-electron chi connectivity index (χ4n) is 1.97. The van der Waals surface area contributed by atoms with E-state index >= 15 is 0 Å².